The van der Waals surface area contributed by atoms with Gasteiger partial charge in [-0.25, -0.2) is 9.63 Å². The molecule has 7 heteroatoms. The second-order valence-electron chi connectivity index (χ2n) is 3.57. The van der Waals surface area contributed by atoms with Crippen LogP contribution in [-0.2, 0) is 16.6 Å². The lowest BCUT2D eigenvalue weighted by Crippen LogP contribution is -2.26. The Labute approximate surface area is 103 Å². The van der Waals surface area contributed by atoms with Gasteiger partial charge < -0.3 is 9.30 Å². The number of rotatable bonds is 4. The fourth-order valence-electron chi connectivity index (χ4n) is 1.44. The highest BCUT2D eigenvalue weighted by atomic mass is 16.8. The van der Waals surface area contributed by atoms with Crippen molar-refractivity contribution < 1.29 is 19.3 Å². The minimum absolute atomic E-state index is 0.00796. The topological polar surface area (TPSA) is 77.6 Å². The number of carbonyl (C=O) groups excluding carboxylic acids is 1. The Balaban J connectivity index is 3.54. The third kappa shape index (κ3) is 2.39. The van der Waals surface area contributed by atoms with Gasteiger partial charge in [-0.15, -0.1) is 0 Å². The lowest BCUT2D eigenvalue weighted by Gasteiger charge is -2.06. The van der Waals surface area contributed by atoms with Crippen LogP contribution >= 0.6 is 0 Å². The summed E-state index contributed by atoms with van der Waals surface area (Å²) >= 11 is 0. The third-order valence-corrected chi connectivity index (χ3v) is 2.49. The van der Waals surface area contributed by atoms with Crippen LogP contribution < -0.4 is 5.56 Å². The third-order valence-electron chi connectivity index (χ3n) is 2.49. The number of aryl methyl sites for hydroxylation is 1. The van der Waals surface area contributed by atoms with Crippen LogP contribution in [0.2, 0.25) is 0 Å². The number of pyridine rings is 1. The number of aromatic nitrogens is 1. The molecule has 1 aromatic heterocycles. The van der Waals surface area contributed by atoms with Crippen LogP contribution in [0.5, 0.6) is 0 Å². The van der Waals surface area contributed by atoms with E-state index in [0.29, 0.717) is 5.69 Å². The molecule has 1 aromatic rings. The summed E-state index contributed by atoms with van der Waals surface area (Å²) in [5.41, 5.74) is -0.565. The maximum absolute atomic E-state index is 12.0. The molecule has 0 fully saturated rings. The second-order valence-corrected chi connectivity index (χ2v) is 3.57. The van der Waals surface area contributed by atoms with Gasteiger partial charge >= 0.3 is 17.2 Å². The van der Waals surface area contributed by atoms with Crippen molar-refractivity contribution in [3.05, 3.63) is 32.6 Å². The molecule has 0 bridgehead atoms. The SMILES string of the molecule is CCOC(=O)c1cc(C)n(C)c(=O)c1[N+](=O)OC. The van der Waals surface area contributed by atoms with E-state index in [2.05, 4.69) is 4.84 Å². The summed E-state index contributed by atoms with van der Waals surface area (Å²) in [5.74, 6) is -0.730. The fourth-order valence-corrected chi connectivity index (χ4v) is 1.44. The number of hydrogen-bond donors (Lipinski definition) is 0. The van der Waals surface area contributed by atoms with E-state index in [-0.39, 0.29) is 22.8 Å². The van der Waals surface area contributed by atoms with Gasteiger partial charge in [-0.2, -0.15) is 0 Å². The molecule has 0 saturated heterocycles. The predicted octanol–water partition coefficient (Wildman–Crippen LogP) is 0.842. The quantitative estimate of drug-likeness (QED) is 0.588. The van der Waals surface area contributed by atoms with Gasteiger partial charge in [0.25, 0.3) is 4.92 Å². The molecule has 0 aromatic carbocycles. The van der Waals surface area contributed by atoms with Crippen LogP contribution in [0.15, 0.2) is 10.9 Å². The molecule has 7 nitrogen and oxygen atoms in total. The Morgan fingerprint density at radius 1 is 1.50 bits per heavy atom. The van der Waals surface area contributed by atoms with Crippen molar-refractivity contribution >= 4 is 11.7 Å². The first-order valence-corrected chi connectivity index (χ1v) is 5.33. The van der Waals surface area contributed by atoms with Crippen molar-refractivity contribution in [2.45, 2.75) is 13.8 Å². The Morgan fingerprint density at radius 2 is 2.11 bits per heavy atom. The minimum Gasteiger partial charge on any atom is -0.462 e. The highest BCUT2D eigenvalue weighted by molar-refractivity contribution is 5.93. The summed E-state index contributed by atoms with van der Waals surface area (Å²) in [7, 11) is 2.61. The molecule has 0 spiro atoms. The Morgan fingerprint density at radius 3 is 2.61 bits per heavy atom. The Bertz CT molecular complexity index is 547. The molecule has 18 heavy (non-hydrogen) atoms. The molecule has 0 aliphatic carbocycles. The number of nitrogens with zero attached hydrogens (tertiary/aromatic N) is 2. The van der Waals surface area contributed by atoms with Crippen LogP contribution in [0.4, 0.5) is 5.69 Å². The largest absolute Gasteiger partial charge is 0.462 e. The molecule has 1 rings (SSSR count). The number of carbonyl (C=O) groups is 1. The van der Waals surface area contributed by atoms with Crippen molar-refractivity contribution in [3.63, 3.8) is 0 Å². The maximum Gasteiger partial charge on any atom is 0.395 e. The summed E-state index contributed by atoms with van der Waals surface area (Å²) in [6.45, 7) is 3.44. The molecule has 0 unspecified atom stereocenters. The summed E-state index contributed by atoms with van der Waals surface area (Å²) < 4.78 is 6.06. The Kier molecular flexibility index (Phi) is 4.19. The van der Waals surface area contributed by atoms with E-state index in [0.717, 1.165) is 7.11 Å². The fraction of sp³-hybridized carbons (Fsp3) is 0.455. The maximum atomic E-state index is 12.0. The van der Waals surface area contributed by atoms with Crippen molar-refractivity contribution in [2.75, 3.05) is 13.7 Å². The minimum atomic E-state index is -0.730. The lowest BCUT2D eigenvalue weighted by molar-refractivity contribution is -0.737. The van der Waals surface area contributed by atoms with Crippen LogP contribution in [-0.4, -0.2) is 29.2 Å². The molecule has 0 aliphatic rings. The van der Waals surface area contributed by atoms with Gasteiger partial charge in [-0.3, -0.25) is 4.79 Å². The zero-order chi connectivity index (χ0) is 13.9. The zero-order valence-corrected chi connectivity index (χ0v) is 10.7. The monoisotopic (exact) mass is 255 g/mol. The van der Waals surface area contributed by atoms with Gasteiger partial charge in [-0.1, -0.05) is 0 Å². The standard InChI is InChI=1S/C11H15N2O5/c1-5-18-11(15)8-6-7(2)12(3)10(14)9(8)13(16)17-4/h6H,5H2,1-4H3/q+1. The molecule has 0 aliphatic heterocycles. The van der Waals surface area contributed by atoms with E-state index in [9.17, 15) is 14.5 Å². The predicted molar refractivity (Wildman–Crippen MR) is 62.7 cm³/mol. The van der Waals surface area contributed by atoms with E-state index in [1.54, 1.807) is 13.8 Å². The van der Waals surface area contributed by atoms with Crippen molar-refractivity contribution in [3.8, 4) is 0 Å². The molecule has 0 radical (unpaired) electrons. The molecule has 0 amide bonds. The van der Waals surface area contributed by atoms with Crippen LogP contribution in [0.25, 0.3) is 0 Å². The van der Waals surface area contributed by atoms with E-state index in [1.807, 2.05) is 0 Å². The molecule has 98 valence electrons. The molecule has 0 N–H and O–H groups in total. The van der Waals surface area contributed by atoms with Crippen LogP contribution in [0.3, 0.4) is 0 Å². The smallest absolute Gasteiger partial charge is 0.395 e. The first kappa shape index (κ1) is 13.9. The van der Waals surface area contributed by atoms with Crippen molar-refractivity contribution in [1.29, 1.82) is 0 Å². The number of hydrogen-bond acceptors (Lipinski definition) is 5. The number of ether oxygens (including phenoxy) is 1. The van der Waals surface area contributed by atoms with Gasteiger partial charge in [-0.05, 0) is 19.9 Å². The summed E-state index contributed by atoms with van der Waals surface area (Å²) in [6.07, 6.45) is 0. The van der Waals surface area contributed by atoms with E-state index >= 15 is 0 Å². The van der Waals surface area contributed by atoms with Crippen molar-refractivity contribution in [2.24, 2.45) is 7.05 Å². The average Bonchev–Trinajstić information content (AvgIpc) is 2.35. The Hall–Kier alpha value is -2.18. The van der Waals surface area contributed by atoms with E-state index in [1.165, 1.54) is 17.7 Å². The van der Waals surface area contributed by atoms with Gasteiger partial charge in [0, 0.05) is 12.7 Å². The molecule has 0 atom stereocenters. The zero-order valence-electron chi connectivity index (χ0n) is 10.7. The number of esters is 1. The first-order valence-electron chi connectivity index (χ1n) is 5.33. The first-order chi connectivity index (χ1) is 8.43. The molecule has 0 saturated carbocycles. The van der Waals surface area contributed by atoms with Gasteiger partial charge in [0.15, 0.2) is 7.11 Å². The summed E-state index contributed by atoms with van der Waals surface area (Å²) in [6, 6.07) is 1.42. The van der Waals surface area contributed by atoms with Crippen LogP contribution in [0, 0.1) is 11.8 Å². The van der Waals surface area contributed by atoms with E-state index in [4.69, 9.17) is 4.74 Å². The highest BCUT2D eigenvalue weighted by Crippen LogP contribution is 2.16. The molecular formula is C11H15N2O5+. The van der Waals surface area contributed by atoms with Crippen LogP contribution in [0.1, 0.15) is 23.0 Å². The second kappa shape index (κ2) is 5.44. The van der Waals surface area contributed by atoms with Crippen molar-refractivity contribution in [1.82, 2.24) is 4.57 Å². The molecular weight excluding hydrogens is 240 g/mol. The normalized spacial score (nSPS) is 10.0. The van der Waals surface area contributed by atoms with Gasteiger partial charge in [0.05, 0.1) is 11.5 Å². The molecule has 1 heterocycles. The summed E-state index contributed by atoms with van der Waals surface area (Å²) in [5, 5.41) is 0. The highest BCUT2D eigenvalue weighted by Gasteiger charge is 2.32. The summed E-state index contributed by atoms with van der Waals surface area (Å²) in [4.78, 5) is 39.6. The van der Waals surface area contributed by atoms with Gasteiger partial charge in [0.1, 0.15) is 5.56 Å². The lowest BCUT2D eigenvalue weighted by atomic mass is 10.2. The van der Waals surface area contributed by atoms with E-state index < -0.39 is 11.5 Å². The average molecular weight is 255 g/mol. The van der Waals surface area contributed by atoms with Gasteiger partial charge in [0.2, 0.25) is 0 Å².